The summed E-state index contributed by atoms with van der Waals surface area (Å²) in [5, 5.41) is 0. The summed E-state index contributed by atoms with van der Waals surface area (Å²) in [6.45, 7) is 7.89. The van der Waals surface area contributed by atoms with Crippen LogP contribution in [0.5, 0.6) is 0 Å². The van der Waals surface area contributed by atoms with Crippen LogP contribution >= 0.6 is 15.9 Å². The molecule has 114 valence electrons. The van der Waals surface area contributed by atoms with Gasteiger partial charge in [0.25, 0.3) is 5.92 Å². The van der Waals surface area contributed by atoms with Crippen molar-refractivity contribution in [3.8, 4) is 0 Å². The van der Waals surface area contributed by atoms with Crippen LogP contribution in [0.4, 0.5) is 8.78 Å². The van der Waals surface area contributed by atoms with E-state index in [4.69, 9.17) is 9.31 Å². The molecule has 0 radical (unpaired) electrons. The predicted molar refractivity (Wildman–Crippen MR) is 82.2 cm³/mol. The van der Waals surface area contributed by atoms with Crippen molar-refractivity contribution in [1.82, 2.24) is 0 Å². The van der Waals surface area contributed by atoms with E-state index in [0.29, 0.717) is 5.56 Å². The van der Waals surface area contributed by atoms with Crippen molar-refractivity contribution < 1.29 is 18.1 Å². The molecule has 2 nitrogen and oxygen atoms in total. The highest BCUT2D eigenvalue weighted by Gasteiger charge is 2.58. The van der Waals surface area contributed by atoms with Gasteiger partial charge in [0, 0.05) is 10.9 Å². The molecule has 1 aliphatic heterocycles. The van der Waals surface area contributed by atoms with E-state index in [1.54, 1.807) is 12.1 Å². The number of rotatable bonds is 2. The van der Waals surface area contributed by atoms with E-state index < -0.39 is 30.2 Å². The van der Waals surface area contributed by atoms with Crippen LogP contribution < -0.4 is 5.46 Å². The Balaban J connectivity index is 1.90. The number of hydrogen-bond acceptors (Lipinski definition) is 2. The van der Waals surface area contributed by atoms with Crippen LogP contribution in [0, 0.1) is 0 Å². The third-order valence-corrected chi connectivity index (χ3v) is 5.15. The summed E-state index contributed by atoms with van der Waals surface area (Å²) in [5.41, 5.74) is 0.535. The fourth-order valence-electron chi connectivity index (χ4n) is 2.53. The summed E-state index contributed by atoms with van der Waals surface area (Å²) in [6.07, 6.45) is -0.0771. The van der Waals surface area contributed by atoms with Crippen molar-refractivity contribution in [2.75, 3.05) is 0 Å². The molecule has 1 aliphatic carbocycles. The molecule has 3 rings (SSSR count). The quantitative estimate of drug-likeness (QED) is 0.747. The molecular formula is C15H18BBrF2O2. The lowest BCUT2D eigenvalue weighted by Gasteiger charge is -2.32. The van der Waals surface area contributed by atoms with Gasteiger partial charge >= 0.3 is 7.12 Å². The molecule has 1 atom stereocenters. The highest BCUT2D eigenvalue weighted by molar-refractivity contribution is 9.10. The SMILES string of the molecule is CC1(C)OB(c2cc(Br)cc(C3CC3(F)F)c2)OC1(C)C. The molecular weight excluding hydrogens is 341 g/mol. The van der Waals surface area contributed by atoms with Crippen LogP contribution in [-0.2, 0) is 9.31 Å². The summed E-state index contributed by atoms with van der Waals surface area (Å²) in [6, 6.07) is 5.39. The molecule has 2 fully saturated rings. The molecule has 1 aromatic rings. The first kappa shape index (κ1) is 15.4. The Labute approximate surface area is 132 Å². The molecule has 1 saturated carbocycles. The van der Waals surface area contributed by atoms with Crippen LogP contribution in [0.25, 0.3) is 0 Å². The van der Waals surface area contributed by atoms with Gasteiger partial charge in [0.1, 0.15) is 0 Å². The van der Waals surface area contributed by atoms with E-state index in [-0.39, 0.29) is 6.42 Å². The molecule has 1 heterocycles. The maximum absolute atomic E-state index is 13.3. The summed E-state index contributed by atoms with van der Waals surface area (Å²) >= 11 is 3.39. The maximum Gasteiger partial charge on any atom is 0.494 e. The van der Waals surface area contributed by atoms with Crippen LogP contribution in [0.15, 0.2) is 22.7 Å². The predicted octanol–water partition coefficient (Wildman–Crippen LogP) is 3.87. The molecule has 6 heteroatoms. The Morgan fingerprint density at radius 1 is 1.10 bits per heavy atom. The summed E-state index contributed by atoms with van der Waals surface area (Å²) in [7, 11) is -0.529. The van der Waals surface area contributed by atoms with E-state index in [9.17, 15) is 8.78 Å². The maximum atomic E-state index is 13.3. The van der Waals surface area contributed by atoms with Crippen LogP contribution in [-0.4, -0.2) is 24.2 Å². The van der Waals surface area contributed by atoms with Gasteiger partial charge in [-0.3, -0.25) is 0 Å². The average Bonchev–Trinajstić information content (AvgIpc) is 2.89. The van der Waals surface area contributed by atoms with Crippen molar-refractivity contribution in [2.24, 2.45) is 0 Å². The summed E-state index contributed by atoms with van der Waals surface area (Å²) < 4.78 is 39.3. The van der Waals surface area contributed by atoms with Crippen molar-refractivity contribution >= 4 is 28.5 Å². The molecule has 0 aromatic heterocycles. The van der Waals surface area contributed by atoms with Crippen LogP contribution in [0.1, 0.15) is 45.6 Å². The Morgan fingerprint density at radius 2 is 1.62 bits per heavy atom. The van der Waals surface area contributed by atoms with E-state index in [2.05, 4.69) is 15.9 Å². The fourth-order valence-corrected chi connectivity index (χ4v) is 3.06. The number of hydrogen-bond donors (Lipinski definition) is 0. The molecule has 1 unspecified atom stereocenters. The zero-order valence-electron chi connectivity index (χ0n) is 12.5. The standard InChI is InChI=1S/C15H18BBrF2O2/c1-13(2)14(3,4)21-16(20-13)10-5-9(6-11(17)7-10)12-8-15(12,18)19/h5-7,12H,8H2,1-4H3. The molecule has 2 aliphatic rings. The zero-order chi connectivity index (χ0) is 15.6. The largest absolute Gasteiger partial charge is 0.494 e. The second kappa shape index (κ2) is 4.52. The highest BCUT2D eigenvalue weighted by atomic mass is 79.9. The minimum absolute atomic E-state index is 0.0771. The first-order valence-corrected chi connectivity index (χ1v) is 7.85. The van der Waals surface area contributed by atoms with E-state index in [1.165, 1.54) is 0 Å². The molecule has 0 spiro atoms. The summed E-state index contributed by atoms with van der Waals surface area (Å²) in [4.78, 5) is 0. The second-order valence-electron chi connectivity index (χ2n) is 6.92. The van der Waals surface area contributed by atoms with Gasteiger partial charge in [0.05, 0.1) is 17.1 Å². The lowest BCUT2D eigenvalue weighted by Crippen LogP contribution is -2.41. The Morgan fingerprint density at radius 3 is 2.10 bits per heavy atom. The third-order valence-electron chi connectivity index (χ3n) is 4.70. The van der Waals surface area contributed by atoms with Gasteiger partial charge in [-0.1, -0.05) is 22.0 Å². The number of benzene rings is 1. The van der Waals surface area contributed by atoms with Crippen LogP contribution in [0.2, 0.25) is 0 Å². The van der Waals surface area contributed by atoms with Gasteiger partial charge in [0.2, 0.25) is 0 Å². The number of halogens is 3. The number of alkyl halides is 2. The molecule has 1 saturated heterocycles. The van der Waals surface area contributed by atoms with E-state index >= 15 is 0 Å². The average molecular weight is 359 g/mol. The minimum Gasteiger partial charge on any atom is -0.399 e. The van der Waals surface area contributed by atoms with Crippen molar-refractivity contribution in [2.45, 2.75) is 57.2 Å². The Kier molecular flexibility index (Phi) is 3.33. The topological polar surface area (TPSA) is 18.5 Å². The smallest absolute Gasteiger partial charge is 0.399 e. The van der Waals surface area contributed by atoms with Crippen LogP contribution in [0.3, 0.4) is 0 Å². The van der Waals surface area contributed by atoms with Gasteiger partial charge in [-0.15, -0.1) is 0 Å². The first-order valence-electron chi connectivity index (χ1n) is 7.06. The monoisotopic (exact) mass is 358 g/mol. The first-order chi connectivity index (χ1) is 9.52. The van der Waals surface area contributed by atoms with Gasteiger partial charge in [-0.25, -0.2) is 8.78 Å². The minimum atomic E-state index is -2.58. The van der Waals surface area contributed by atoms with E-state index in [0.717, 1.165) is 9.94 Å². The van der Waals surface area contributed by atoms with E-state index in [1.807, 2.05) is 33.8 Å². The molecule has 0 bridgehead atoms. The van der Waals surface area contributed by atoms with Crippen molar-refractivity contribution in [3.63, 3.8) is 0 Å². The molecule has 0 amide bonds. The highest BCUT2D eigenvalue weighted by Crippen LogP contribution is 2.55. The van der Waals surface area contributed by atoms with Gasteiger partial charge < -0.3 is 9.31 Å². The van der Waals surface area contributed by atoms with Gasteiger partial charge in [0.15, 0.2) is 0 Å². The molecule has 1 aromatic carbocycles. The molecule has 21 heavy (non-hydrogen) atoms. The van der Waals surface area contributed by atoms with Gasteiger partial charge in [-0.2, -0.15) is 0 Å². The summed E-state index contributed by atoms with van der Waals surface area (Å²) in [5.74, 6) is -3.26. The third kappa shape index (κ3) is 2.66. The lowest BCUT2D eigenvalue weighted by molar-refractivity contribution is 0.00578. The normalized spacial score (nSPS) is 28.7. The zero-order valence-corrected chi connectivity index (χ0v) is 14.1. The Bertz CT molecular complexity index is 573. The second-order valence-corrected chi connectivity index (χ2v) is 7.84. The van der Waals surface area contributed by atoms with Crippen molar-refractivity contribution in [1.29, 1.82) is 0 Å². The van der Waals surface area contributed by atoms with Crippen molar-refractivity contribution in [3.05, 3.63) is 28.2 Å². The lowest BCUT2D eigenvalue weighted by atomic mass is 9.78. The fraction of sp³-hybridized carbons (Fsp3) is 0.600. The molecule has 0 N–H and O–H groups in total. The Hall–Kier alpha value is -0.455. The van der Waals surface area contributed by atoms with Gasteiger partial charge in [-0.05, 0) is 50.9 Å².